The van der Waals surface area contributed by atoms with Crippen molar-refractivity contribution in [3.05, 3.63) is 15.5 Å². The molecular formula is C11H16ClNO2S. The summed E-state index contributed by atoms with van der Waals surface area (Å²) in [7, 11) is 1.75. The van der Waals surface area contributed by atoms with Gasteiger partial charge in [0.25, 0.3) is 0 Å². The molecule has 0 bridgehead atoms. The van der Waals surface area contributed by atoms with E-state index in [4.69, 9.17) is 21.1 Å². The van der Waals surface area contributed by atoms with Gasteiger partial charge in [-0.1, -0.05) is 11.6 Å². The monoisotopic (exact) mass is 261 g/mol. The first-order chi connectivity index (χ1) is 7.47. The van der Waals surface area contributed by atoms with E-state index >= 15 is 0 Å². The molecule has 0 amide bonds. The molecule has 0 radical (unpaired) electrons. The lowest BCUT2D eigenvalue weighted by Gasteiger charge is -2.43. The summed E-state index contributed by atoms with van der Waals surface area (Å²) in [5.41, 5.74) is -0.447. The molecule has 0 saturated carbocycles. The molecular weight excluding hydrogens is 246 g/mol. The summed E-state index contributed by atoms with van der Waals surface area (Å²) in [6.07, 6.45) is 3.50. The third-order valence-corrected chi connectivity index (χ3v) is 4.33. The molecule has 1 aromatic heterocycles. The van der Waals surface area contributed by atoms with Gasteiger partial charge in [0.15, 0.2) is 4.47 Å². The highest BCUT2D eigenvalue weighted by Crippen LogP contribution is 2.44. The molecule has 0 N–H and O–H groups in total. The molecule has 1 aromatic rings. The minimum atomic E-state index is -0.285. The molecule has 1 unspecified atom stereocenters. The van der Waals surface area contributed by atoms with Crippen molar-refractivity contribution in [2.24, 2.45) is 0 Å². The smallest absolute Gasteiger partial charge is 0.183 e. The summed E-state index contributed by atoms with van der Waals surface area (Å²) in [5, 5.41) is 0. The minimum absolute atomic E-state index is 0.162. The Bertz CT molecular complexity index is 380. The molecule has 3 nitrogen and oxygen atoms in total. The quantitative estimate of drug-likeness (QED) is 0.819. The lowest BCUT2D eigenvalue weighted by Crippen LogP contribution is -2.44. The molecule has 16 heavy (non-hydrogen) atoms. The highest BCUT2D eigenvalue weighted by atomic mass is 35.5. The number of hydrogen-bond acceptors (Lipinski definition) is 4. The van der Waals surface area contributed by atoms with Crippen LogP contribution in [0.5, 0.6) is 0 Å². The maximum absolute atomic E-state index is 5.89. The fourth-order valence-electron chi connectivity index (χ4n) is 2.27. The highest BCUT2D eigenvalue weighted by Gasteiger charge is 2.43. The van der Waals surface area contributed by atoms with Crippen LogP contribution in [0.3, 0.4) is 0 Å². The molecule has 0 aliphatic carbocycles. The summed E-state index contributed by atoms with van der Waals surface area (Å²) < 4.78 is 12.0. The number of aromatic nitrogens is 1. The van der Waals surface area contributed by atoms with Crippen molar-refractivity contribution in [3.8, 4) is 0 Å². The predicted octanol–water partition coefficient (Wildman–Crippen LogP) is 3.23. The molecule has 1 aliphatic heterocycles. The van der Waals surface area contributed by atoms with Crippen LogP contribution in [-0.2, 0) is 15.1 Å². The normalized spacial score (nSPS) is 29.2. The zero-order chi connectivity index (χ0) is 11.8. The molecule has 5 heteroatoms. The van der Waals surface area contributed by atoms with E-state index in [1.807, 2.05) is 6.20 Å². The first-order valence-corrected chi connectivity index (χ1v) is 6.48. The second kappa shape index (κ2) is 4.26. The van der Waals surface area contributed by atoms with Gasteiger partial charge in [-0.2, -0.15) is 0 Å². The maximum Gasteiger partial charge on any atom is 0.183 e. The second-order valence-corrected chi connectivity index (χ2v) is 6.32. The van der Waals surface area contributed by atoms with Crippen molar-refractivity contribution in [3.63, 3.8) is 0 Å². The Morgan fingerprint density at radius 3 is 2.81 bits per heavy atom. The van der Waals surface area contributed by atoms with Crippen LogP contribution in [0.2, 0.25) is 4.47 Å². The van der Waals surface area contributed by atoms with E-state index in [9.17, 15) is 0 Å². The van der Waals surface area contributed by atoms with Gasteiger partial charge in [-0.3, -0.25) is 0 Å². The number of rotatable bonds is 2. The van der Waals surface area contributed by atoms with E-state index in [0.29, 0.717) is 11.1 Å². The van der Waals surface area contributed by atoms with E-state index in [2.05, 4.69) is 18.8 Å². The van der Waals surface area contributed by atoms with Gasteiger partial charge in [0, 0.05) is 26.1 Å². The highest BCUT2D eigenvalue weighted by molar-refractivity contribution is 7.15. The van der Waals surface area contributed by atoms with Crippen molar-refractivity contribution in [2.45, 2.75) is 37.9 Å². The Morgan fingerprint density at radius 1 is 1.56 bits per heavy atom. The van der Waals surface area contributed by atoms with Crippen LogP contribution in [0.25, 0.3) is 0 Å². The van der Waals surface area contributed by atoms with Gasteiger partial charge in [0.05, 0.1) is 17.1 Å². The van der Waals surface area contributed by atoms with Gasteiger partial charge >= 0.3 is 0 Å². The summed E-state index contributed by atoms with van der Waals surface area (Å²) in [5.74, 6) is 0. The van der Waals surface area contributed by atoms with Gasteiger partial charge in [0.2, 0.25) is 0 Å². The van der Waals surface area contributed by atoms with E-state index < -0.39 is 0 Å². The van der Waals surface area contributed by atoms with Crippen LogP contribution >= 0.6 is 22.9 Å². The summed E-state index contributed by atoms with van der Waals surface area (Å²) in [6, 6.07) is 0. The lowest BCUT2D eigenvalue weighted by molar-refractivity contribution is -0.161. The summed E-state index contributed by atoms with van der Waals surface area (Å²) in [6.45, 7) is 4.88. The van der Waals surface area contributed by atoms with Crippen LogP contribution in [0.1, 0.15) is 31.6 Å². The van der Waals surface area contributed by atoms with Gasteiger partial charge < -0.3 is 9.47 Å². The van der Waals surface area contributed by atoms with Crippen molar-refractivity contribution in [1.29, 1.82) is 0 Å². The Morgan fingerprint density at radius 2 is 2.31 bits per heavy atom. The molecule has 1 fully saturated rings. The van der Waals surface area contributed by atoms with Crippen LogP contribution in [0, 0.1) is 0 Å². The Hall–Kier alpha value is -0.160. The summed E-state index contributed by atoms with van der Waals surface area (Å²) >= 11 is 7.38. The van der Waals surface area contributed by atoms with Crippen LogP contribution in [-0.4, -0.2) is 24.3 Å². The van der Waals surface area contributed by atoms with Gasteiger partial charge in [-0.25, -0.2) is 4.98 Å². The van der Waals surface area contributed by atoms with E-state index in [1.165, 1.54) is 11.3 Å². The molecule has 1 atom stereocenters. The second-order valence-electron chi connectivity index (χ2n) is 4.71. The summed E-state index contributed by atoms with van der Waals surface area (Å²) in [4.78, 5) is 5.19. The van der Waals surface area contributed by atoms with E-state index in [-0.39, 0.29) is 11.2 Å². The van der Waals surface area contributed by atoms with E-state index in [1.54, 1.807) is 7.11 Å². The number of ether oxygens (including phenoxy) is 2. The maximum atomic E-state index is 5.89. The zero-order valence-electron chi connectivity index (χ0n) is 9.75. The largest absolute Gasteiger partial charge is 0.375 e. The van der Waals surface area contributed by atoms with Crippen molar-refractivity contribution in [1.82, 2.24) is 4.98 Å². The third kappa shape index (κ3) is 2.25. The molecule has 1 saturated heterocycles. The Kier molecular flexibility index (Phi) is 3.27. The number of thiazole rings is 1. The fraction of sp³-hybridized carbons (Fsp3) is 0.727. The SMILES string of the molecule is COC1(c2cnc(Cl)s2)CCOC(C)(C)C1. The topological polar surface area (TPSA) is 31.4 Å². The van der Waals surface area contributed by atoms with Gasteiger partial charge in [-0.05, 0) is 13.8 Å². The average Bonchev–Trinajstić information content (AvgIpc) is 2.63. The zero-order valence-corrected chi connectivity index (χ0v) is 11.3. The Balaban J connectivity index is 2.32. The first-order valence-electron chi connectivity index (χ1n) is 5.28. The third-order valence-electron chi connectivity index (χ3n) is 3.03. The lowest BCUT2D eigenvalue weighted by atomic mass is 9.83. The molecule has 2 rings (SSSR count). The first kappa shape index (κ1) is 12.3. The molecule has 0 aromatic carbocycles. The van der Waals surface area contributed by atoms with Crippen LogP contribution in [0.15, 0.2) is 6.20 Å². The predicted molar refractivity (Wildman–Crippen MR) is 65.1 cm³/mol. The Labute approximate surface area is 105 Å². The van der Waals surface area contributed by atoms with Crippen molar-refractivity contribution in [2.75, 3.05) is 13.7 Å². The van der Waals surface area contributed by atoms with Crippen molar-refractivity contribution < 1.29 is 9.47 Å². The number of hydrogen-bond donors (Lipinski definition) is 0. The molecule has 0 spiro atoms. The van der Waals surface area contributed by atoms with Gasteiger partial charge in [0.1, 0.15) is 5.60 Å². The number of nitrogens with zero attached hydrogens (tertiary/aromatic N) is 1. The molecule has 90 valence electrons. The number of methoxy groups -OCH3 is 1. The molecule has 1 aliphatic rings. The van der Waals surface area contributed by atoms with Crippen LogP contribution < -0.4 is 0 Å². The molecule has 2 heterocycles. The average molecular weight is 262 g/mol. The van der Waals surface area contributed by atoms with Crippen LogP contribution in [0.4, 0.5) is 0 Å². The van der Waals surface area contributed by atoms with Crippen molar-refractivity contribution >= 4 is 22.9 Å². The fourth-order valence-corrected chi connectivity index (χ4v) is 3.40. The van der Waals surface area contributed by atoms with E-state index in [0.717, 1.165) is 17.7 Å². The minimum Gasteiger partial charge on any atom is -0.375 e. The standard InChI is InChI=1S/C11H16ClNO2S/c1-10(2)7-11(14-3,4-5-15-10)8-6-13-9(12)16-8/h6H,4-5,7H2,1-3H3. The number of halogens is 1. The van der Waals surface area contributed by atoms with Gasteiger partial charge in [-0.15, -0.1) is 11.3 Å².